The standard InChI is InChI=1S/C7H11F2NO2/c1-12-7(11)5-4(8)2-3-10-6(5)9/h4-6,10H,2-3H2,1H3. The Labute approximate surface area is 69.1 Å². The summed E-state index contributed by atoms with van der Waals surface area (Å²) in [4.78, 5) is 10.8. The fourth-order valence-corrected chi connectivity index (χ4v) is 1.25. The van der Waals surface area contributed by atoms with Gasteiger partial charge in [0.05, 0.1) is 7.11 Å². The van der Waals surface area contributed by atoms with Crippen LogP contribution in [-0.2, 0) is 9.53 Å². The van der Waals surface area contributed by atoms with E-state index < -0.39 is 24.4 Å². The summed E-state index contributed by atoms with van der Waals surface area (Å²) in [6.45, 7) is 0.260. The Morgan fingerprint density at radius 3 is 2.75 bits per heavy atom. The highest BCUT2D eigenvalue weighted by molar-refractivity contribution is 5.73. The van der Waals surface area contributed by atoms with Crippen LogP contribution in [0.1, 0.15) is 6.42 Å². The second-order valence-electron chi connectivity index (χ2n) is 2.71. The predicted molar refractivity (Wildman–Crippen MR) is 37.9 cm³/mol. The SMILES string of the molecule is COC(=O)C1C(F)CCNC1F. The quantitative estimate of drug-likeness (QED) is 0.468. The maximum atomic E-state index is 13.0. The Morgan fingerprint density at radius 1 is 1.58 bits per heavy atom. The molecule has 0 aromatic carbocycles. The zero-order valence-electron chi connectivity index (χ0n) is 6.72. The minimum atomic E-state index is -1.62. The number of esters is 1. The summed E-state index contributed by atoms with van der Waals surface area (Å²) in [7, 11) is 1.12. The molecule has 0 amide bonds. The number of halogens is 2. The first-order valence-corrected chi connectivity index (χ1v) is 3.76. The van der Waals surface area contributed by atoms with Crippen LogP contribution in [0.4, 0.5) is 8.78 Å². The van der Waals surface area contributed by atoms with Crippen molar-refractivity contribution in [2.45, 2.75) is 18.9 Å². The first-order chi connectivity index (χ1) is 5.66. The van der Waals surface area contributed by atoms with Crippen LogP contribution in [0.15, 0.2) is 0 Å². The van der Waals surface area contributed by atoms with E-state index in [1.807, 2.05) is 0 Å². The minimum Gasteiger partial charge on any atom is -0.469 e. The van der Waals surface area contributed by atoms with E-state index in [-0.39, 0.29) is 13.0 Å². The molecule has 1 aliphatic heterocycles. The fraction of sp³-hybridized carbons (Fsp3) is 0.857. The first kappa shape index (κ1) is 9.38. The lowest BCUT2D eigenvalue weighted by Gasteiger charge is -2.27. The summed E-state index contributed by atoms with van der Waals surface area (Å²) >= 11 is 0. The van der Waals surface area contributed by atoms with Crippen LogP contribution in [0.3, 0.4) is 0 Å². The van der Waals surface area contributed by atoms with Gasteiger partial charge in [-0.1, -0.05) is 0 Å². The van der Waals surface area contributed by atoms with Crippen LogP contribution in [-0.4, -0.2) is 32.1 Å². The molecule has 1 N–H and O–H groups in total. The van der Waals surface area contributed by atoms with Crippen LogP contribution >= 0.6 is 0 Å². The molecule has 1 heterocycles. The Morgan fingerprint density at radius 2 is 2.25 bits per heavy atom. The van der Waals surface area contributed by atoms with Gasteiger partial charge in [0.1, 0.15) is 12.1 Å². The van der Waals surface area contributed by atoms with Gasteiger partial charge in [0, 0.05) is 6.54 Å². The third-order valence-corrected chi connectivity index (χ3v) is 1.94. The molecule has 70 valence electrons. The van der Waals surface area contributed by atoms with Crippen molar-refractivity contribution in [2.24, 2.45) is 5.92 Å². The molecule has 0 aliphatic carbocycles. The largest absolute Gasteiger partial charge is 0.469 e. The number of alkyl halides is 2. The molecule has 0 spiro atoms. The first-order valence-electron chi connectivity index (χ1n) is 3.76. The van der Waals surface area contributed by atoms with Crippen molar-refractivity contribution in [3.63, 3.8) is 0 Å². The summed E-state index contributed by atoms with van der Waals surface area (Å²) in [6.07, 6.45) is -2.91. The van der Waals surface area contributed by atoms with Crippen LogP contribution < -0.4 is 5.32 Å². The maximum absolute atomic E-state index is 13.0. The summed E-state index contributed by atoms with van der Waals surface area (Å²) in [5, 5.41) is 2.37. The summed E-state index contributed by atoms with van der Waals surface area (Å²) in [6, 6.07) is 0. The third-order valence-electron chi connectivity index (χ3n) is 1.94. The Kier molecular flexibility index (Phi) is 2.97. The van der Waals surface area contributed by atoms with Gasteiger partial charge in [0.25, 0.3) is 0 Å². The van der Waals surface area contributed by atoms with Crippen LogP contribution in [0.5, 0.6) is 0 Å². The molecular weight excluding hydrogens is 168 g/mol. The van der Waals surface area contributed by atoms with Gasteiger partial charge in [-0.15, -0.1) is 0 Å². The molecule has 5 heteroatoms. The van der Waals surface area contributed by atoms with Crippen molar-refractivity contribution in [1.82, 2.24) is 5.32 Å². The molecule has 0 bridgehead atoms. The van der Waals surface area contributed by atoms with Gasteiger partial charge in [-0.05, 0) is 6.42 Å². The summed E-state index contributed by atoms with van der Waals surface area (Å²) < 4.78 is 30.1. The molecule has 12 heavy (non-hydrogen) atoms. The Bertz CT molecular complexity index is 167. The maximum Gasteiger partial charge on any atom is 0.316 e. The molecule has 0 radical (unpaired) electrons. The van der Waals surface area contributed by atoms with Gasteiger partial charge in [-0.3, -0.25) is 10.1 Å². The van der Waals surface area contributed by atoms with Gasteiger partial charge >= 0.3 is 5.97 Å². The van der Waals surface area contributed by atoms with Gasteiger partial charge in [-0.25, -0.2) is 8.78 Å². The number of methoxy groups -OCH3 is 1. The van der Waals surface area contributed by atoms with Crippen molar-refractivity contribution in [3.8, 4) is 0 Å². The van der Waals surface area contributed by atoms with E-state index in [9.17, 15) is 13.6 Å². The molecule has 3 unspecified atom stereocenters. The lowest BCUT2D eigenvalue weighted by molar-refractivity contribution is -0.153. The van der Waals surface area contributed by atoms with Crippen molar-refractivity contribution < 1.29 is 18.3 Å². The number of carbonyl (C=O) groups is 1. The lowest BCUT2D eigenvalue weighted by Crippen LogP contribution is -2.48. The molecule has 1 rings (SSSR count). The number of rotatable bonds is 1. The van der Waals surface area contributed by atoms with E-state index in [4.69, 9.17) is 0 Å². The highest BCUT2D eigenvalue weighted by atomic mass is 19.1. The van der Waals surface area contributed by atoms with E-state index >= 15 is 0 Å². The number of nitrogens with one attached hydrogen (secondary N) is 1. The second kappa shape index (κ2) is 3.80. The Balaban J connectivity index is 2.62. The van der Waals surface area contributed by atoms with E-state index in [1.54, 1.807) is 0 Å². The van der Waals surface area contributed by atoms with Crippen molar-refractivity contribution >= 4 is 5.97 Å². The predicted octanol–water partition coefficient (Wildman–Crippen LogP) is 0.403. The van der Waals surface area contributed by atoms with Gasteiger partial charge in [-0.2, -0.15) is 0 Å². The van der Waals surface area contributed by atoms with Crippen molar-refractivity contribution in [3.05, 3.63) is 0 Å². The van der Waals surface area contributed by atoms with Gasteiger partial charge < -0.3 is 4.74 Å². The smallest absolute Gasteiger partial charge is 0.316 e. The van der Waals surface area contributed by atoms with E-state index in [2.05, 4.69) is 10.1 Å². The van der Waals surface area contributed by atoms with Crippen molar-refractivity contribution in [1.29, 1.82) is 0 Å². The van der Waals surface area contributed by atoms with E-state index in [0.29, 0.717) is 0 Å². The molecule has 0 saturated carbocycles. The fourth-order valence-electron chi connectivity index (χ4n) is 1.25. The van der Waals surface area contributed by atoms with E-state index in [1.165, 1.54) is 0 Å². The average molecular weight is 179 g/mol. The van der Waals surface area contributed by atoms with Crippen LogP contribution in [0.25, 0.3) is 0 Å². The number of hydrogen-bond donors (Lipinski definition) is 1. The molecule has 3 atom stereocenters. The van der Waals surface area contributed by atoms with Crippen molar-refractivity contribution in [2.75, 3.05) is 13.7 Å². The minimum absolute atomic E-state index is 0.153. The van der Waals surface area contributed by atoms with Gasteiger partial charge in [0.2, 0.25) is 0 Å². The number of piperidine rings is 1. The third kappa shape index (κ3) is 1.72. The average Bonchev–Trinajstić information content (AvgIpc) is 2.03. The highest BCUT2D eigenvalue weighted by Gasteiger charge is 2.39. The van der Waals surface area contributed by atoms with E-state index in [0.717, 1.165) is 7.11 Å². The normalized spacial score (nSPS) is 36.1. The Hall–Kier alpha value is -0.710. The van der Waals surface area contributed by atoms with Gasteiger partial charge in [0.15, 0.2) is 6.30 Å². The zero-order valence-corrected chi connectivity index (χ0v) is 6.72. The summed E-state index contributed by atoms with van der Waals surface area (Å²) in [5.74, 6) is -2.13. The molecular formula is C7H11F2NO2. The van der Waals surface area contributed by atoms with Crippen LogP contribution in [0.2, 0.25) is 0 Å². The molecule has 3 nitrogen and oxygen atoms in total. The topological polar surface area (TPSA) is 38.3 Å². The zero-order chi connectivity index (χ0) is 9.14. The molecule has 1 saturated heterocycles. The number of carbonyl (C=O) groups excluding carboxylic acids is 1. The highest BCUT2D eigenvalue weighted by Crippen LogP contribution is 2.22. The molecule has 1 aliphatic rings. The summed E-state index contributed by atoms with van der Waals surface area (Å²) in [5.41, 5.74) is 0. The molecule has 0 aromatic rings. The lowest BCUT2D eigenvalue weighted by atomic mass is 9.96. The second-order valence-corrected chi connectivity index (χ2v) is 2.71. The number of ether oxygens (including phenoxy) is 1. The molecule has 1 fully saturated rings. The van der Waals surface area contributed by atoms with Crippen LogP contribution in [0, 0.1) is 5.92 Å². The number of hydrogen-bond acceptors (Lipinski definition) is 3. The monoisotopic (exact) mass is 179 g/mol. The molecule has 0 aromatic heterocycles.